The Hall–Kier alpha value is -0.160. The van der Waals surface area contributed by atoms with Gasteiger partial charge < -0.3 is 4.89 Å². The topological polar surface area (TPSA) is 46.5 Å². The van der Waals surface area contributed by atoms with Gasteiger partial charge in [-0.15, -0.1) is 0 Å². The van der Waals surface area contributed by atoms with Crippen molar-refractivity contribution in [2.75, 3.05) is 0 Å². The number of rotatable bonds is 4. The minimum absolute atomic E-state index is 0.556. The first-order valence-corrected chi connectivity index (χ1v) is 8.79. The molecule has 0 bridgehead atoms. The van der Waals surface area contributed by atoms with E-state index in [1.807, 2.05) is 12.1 Å². The van der Waals surface area contributed by atoms with Gasteiger partial charge in [0.1, 0.15) is 0 Å². The van der Waals surface area contributed by atoms with Gasteiger partial charge in [0.25, 0.3) is 0 Å². The van der Waals surface area contributed by atoms with Gasteiger partial charge in [-0.25, -0.2) is 0 Å². The van der Waals surface area contributed by atoms with Gasteiger partial charge in [-0.2, -0.15) is 0 Å². The Bertz CT molecular complexity index is 606. The number of hydrogen-bond acceptors (Lipinski definition) is 2. The summed E-state index contributed by atoms with van der Waals surface area (Å²) in [5.74, 6) is 0. The Morgan fingerprint density at radius 1 is 1.00 bits per heavy atom. The van der Waals surface area contributed by atoms with Crippen molar-refractivity contribution in [1.82, 2.24) is 0 Å². The number of halogens is 3. The second kappa shape index (κ2) is 6.73. The fourth-order valence-corrected chi connectivity index (χ4v) is 4.16. The molecule has 0 fully saturated rings. The maximum Gasteiger partial charge on any atom is 0.318 e. The van der Waals surface area contributed by atoms with Crippen molar-refractivity contribution in [3.05, 3.63) is 68.6 Å². The van der Waals surface area contributed by atoms with Crippen molar-refractivity contribution in [3.63, 3.8) is 0 Å². The van der Waals surface area contributed by atoms with Crippen LogP contribution >= 0.6 is 51.7 Å². The van der Waals surface area contributed by atoms with Crippen LogP contribution in [0.5, 0.6) is 0 Å². The van der Waals surface area contributed by atoms with Crippen LogP contribution in [0.25, 0.3) is 0 Å². The lowest BCUT2D eigenvalue weighted by Crippen LogP contribution is -2.23. The Balaban J connectivity index is 2.66. The molecule has 0 saturated carbocycles. The maximum atomic E-state index is 11.2. The number of hydrogen-bond donors (Lipinski definition) is 1. The first-order chi connectivity index (χ1) is 9.45. The summed E-state index contributed by atoms with van der Waals surface area (Å²) in [5.41, 5.74) is 1.11. The Kier molecular flexibility index (Phi) is 5.46. The molecule has 2 aromatic carbocycles. The molecule has 0 radical (unpaired) electrons. The second-order valence-electron chi connectivity index (χ2n) is 3.92. The fraction of sp³-hybridized carbons (Fsp3) is 0.0769. The fourth-order valence-electron chi connectivity index (χ4n) is 1.82. The lowest BCUT2D eigenvalue weighted by Gasteiger charge is -2.28. The average molecular weight is 440 g/mol. The highest BCUT2D eigenvalue weighted by Gasteiger charge is 2.38. The van der Waals surface area contributed by atoms with Crippen molar-refractivity contribution in [2.45, 2.75) is 5.06 Å². The number of benzene rings is 2. The van der Waals surface area contributed by atoms with Crippen molar-refractivity contribution in [3.8, 4) is 0 Å². The first-order valence-electron chi connectivity index (χ1n) is 5.56. The second-order valence-corrected chi connectivity index (χ2v) is 6.90. The molecule has 1 unspecified atom stereocenters. The van der Waals surface area contributed by atoms with Gasteiger partial charge in [-0.3, -0.25) is 9.09 Å². The van der Waals surface area contributed by atoms with E-state index in [0.29, 0.717) is 20.1 Å². The smallest absolute Gasteiger partial charge is 0.318 e. The van der Waals surface area contributed by atoms with Crippen LogP contribution in [0.1, 0.15) is 11.1 Å². The monoisotopic (exact) mass is 438 g/mol. The minimum atomic E-state index is -3.24. The van der Waals surface area contributed by atoms with E-state index >= 15 is 0 Å². The molecule has 3 nitrogen and oxygen atoms in total. The minimum Gasteiger partial charge on any atom is -0.326 e. The SMILES string of the molecule is O=[PH](O)OC(Cl)(c1ccccc1Br)c1ccccc1Br. The summed E-state index contributed by atoms with van der Waals surface area (Å²) in [6, 6.07) is 14.3. The highest BCUT2D eigenvalue weighted by molar-refractivity contribution is 9.10. The molecule has 0 amide bonds. The summed E-state index contributed by atoms with van der Waals surface area (Å²) in [7, 11) is -3.24. The van der Waals surface area contributed by atoms with Crippen molar-refractivity contribution in [2.24, 2.45) is 0 Å². The van der Waals surface area contributed by atoms with E-state index in [1.54, 1.807) is 36.4 Å². The van der Waals surface area contributed by atoms with Crippen molar-refractivity contribution >= 4 is 51.7 Å². The van der Waals surface area contributed by atoms with E-state index in [0.717, 1.165) is 0 Å². The Morgan fingerprint density at radius 3 is 1.75 bits per heavy atom. The van der Waals surface area contributed by atoms with Gasteiger partial charge >= 0.3 is 8.25 Å². The third-order valence-corrected chi connectivity index (χ3v) is 5.15. The van der Waals surface area contributed by atoms with E-state index < -0.39 is 13.3 Å². The van der Waals surface area contributed by atoms with Crippen LogP contribution < -0.4 is 0 Å². The summed E-state index contributed by atoms with van der Waals surface area (Å²) >= 11 is 13.4. The molecule has 1 N–H and O–H groups in total. The average Bonchev–Trinajstić information content (AvgIpc) is 2.38. The standard InChI is InChI=1S/C13H10Br2ClO3P/c14-11-7-3-1-5-9(11)13(16,19-20(17)18)10-6-2-4-8-12(10)15/h1-8,20H,(H,17,18). The van der Waals surface area contributed by atoms with E-state index in [9.17, 15) is 9.46 Å². The van der Waals surface area contributed by atoms with Crippen LogP contribution in [-0.4, -0.2) is 4.89 Å². The first kappa shape index (κ1) is 16.2. The molecular formula is C13H10Br2ClO3P. The van der Waals surface area contributed by atoms with Crippen molar-refractivity contribution in [1.29, 1.82) is 0 Å². The van der Waals surface area contributed by atoms with Crippen LogP contribution in [-0.2, 0) is 14.1 Å². The van der Waals surface area contributed by atoms with Gasteiger partial charge in [-0.05, 0) is 12.1 Å². The molecular weight excluding hydrogens is 430 g/mol. The van der Waals surface area contributed by atoms with E-state index in [2.05, 4.69) is 31.9 Å². The Labute approximate surface area is 139 Å². The van der Waals surface area contributed by atoms with Gasteiger partial charge in [0, 0.05) is 20.1 Å². The normalized spacial score (nSPS) is 13.2. The zero-order valence-corrected chi connectivity index (χ0v) is 14.9. The number of alkyl halides is 1. The molecule has 2 aromatic rings. The lowest BCUT2D eigenvalue weighted by molar-refractivity contribution is 0.186. The van der Waals surface area contributed by atoms with Crippen LogP contribution in [0.15, 0.2) is 57.5 Å². The molecule has 20 heavy (non-hydrogen) atoms. The molecule has 1 atom stereocenters. The van der Waals surface area contributed by atoms with Gasteiger partial charge in [0.15, 0.2) is 0 Å². The summed E-state index contributed by atoms with van der Waals surface area (Å²) in [6.45, 7) is 0. The molecule has 0 heterocycles. The highest BCUT2D eigenvalue weighted by atomic mass is 79.9. The van der Waals surface area contributed by atoms with E-state index in [4.69, 9.17) is 16.1 Å². The van der Waals surface area contributed by atoms with Crippen LogP contribution in [0.4, 0.5) is 0 Å². The third kappa shape index (κ3) is 3.35. The molecule has 0 aromatic heterocycles. The van der Waals surface area contributed by atoms with E-state index in [1.165, 1.54) is 0 Å². The molecule has 0 aliphatic heterocycles. The van der Waals surface area contributed by atoms with Crippen LogP contribution in [0.2, 0.25) is 0 Å². The quantitative estimate of drug-likeness (QED) is 0.535. The molecule has 106 valence electrons. The molecule has 7 heteroatoms. The summed E-state index contributed by atoms with van der Waals surface area (Å²) in [5, 5.41) is -1.55. The van der Waals surface area contributed by atoms with Crippen molar-refractivity contribution < 1.29 is 14.0 Å². The molecule has 0 aliphatic rings. The van der Waals surface area contributed by atoms with E-state index in [-0.39, 0.29) is 0 Å². The Morgan fingerprint density at radius 2 is 1.40 bits per heavy atom. The lowest BCUT2D eigenvalue weighted by atomic mass is 10.0. The molecule has 0 spiro atoms. The molecule has 0 saturated heterocycles. The zero-order valence-electron chi connectivity index (χ0n) is 10.0. The van der Waals surface area contributed by atoms with Crippen LogP contribution in [0, 0.1) is 0 Å². The van der Waals surface area contributed by atoms with Gasteiger partial charge in [-0.1, -0.05) is 79.9 Å². The maximum absolute atomic E-state index is 11.2. The summed E-state index contributed by atoms with van der Waals surface area (Å²) < 4.78 is 17.8. The largest absolute Gasteiger partial charge is 0.326 e. The summed E-state index contributed by atoms with van der Waals surface area (Å²) in [4.78, 5) is 9.20. The highest BCUT2D eigenvalue weighted by Crippen LogP contribution is 2.48. The molecule has 0 aliphatic carbocycles. The van der Waals surface area contributed by atoms with Crippen LogP contribution in [0.3, 0.4) is 0 Å². The third-order valence-electron chi connectivity index (χ3n) is 2.67. The molecule has 2 rings (SSSR count). The van der Waals surface area contributed by atoms with Gasteiger partial charge in [0.05, 0.1) is 0 Å². The zero-order chi connectivity index (χ0) is 14.8. The predicted octanol–water partition coefficient (Wildman–Crippen LogP) is 5.05. The summed E-state index contributed by atoms with van der Waals surface area (Å²) in [6.07, 6.45) is 0. The van der Waals surface area contributed by atoms with Gasteiger partial charge in [0.2, 0.25) is 5.06 Å². The predicted molar refractivity (Wildman–Crippen MR) is 87.2 cm³/mol.